The van der Waals surface area contributed by atoms with Gasteiger partial charge in [-0.15, -0.1) is 0 Å². The second kappa shape index (κ2) is 8.20. The molecular weight excluding hydrogens is 374 g/mol. The van der Waals surface area contributed by atoms with E-state index in [4.69, 9.17) is 4.74 Å². The van der Waals surface area contributed by atoms with E-state index in [2.05, 4.69) is 51.9 Å². The lowest BCUT2D eigenvalue weighted by atomic mass is 10.0. The Morgan fingerprint density at radius 1 is 0.967 bits per heavy atom. The van der Waals surface area contributed by atoms with E-state index in [-0.39, 0.29) is 11.9 Å². The fourth-order valence-electron chi connectivity index (χ4n) is 4.24. The zero-order valence-electron chi connectivity index (χ0n) is 16.8. The Hall–Kier alpha value is -3.31. The maximum Gasteiger partial charge on any atom is 0.226 e. The van der Waals surface area contributed by atoms with Crippen molar-refractivity contribution >= 4 is 17.3 Å². The first-order valence-electron chi connectivity index (χ1n) is 10.4. The van der Waals surface area contributed by atoms with Gasteiger partial charge >= 0.3 is 0 Å². The Labute approximate surface area is 176 Å². The van der Waals surface area contributed by atoms with Crippen LogP contribution in [0.5, 0.6) is 5.75 Å². The summed E-state index contributed by atoms with van der Waals surface area (Å²) in [5.74, 6) is 0.927. The second-order valence-corrected chi connectivity index (χ2v) is 7.84. The van der Waals surface area contributed by atoms with Gasteiger partial charge in [-0.25, -0.2) is 0 Å². The Kier molecular flexibility index (Phi) is 5.11. The number of anilines is 2. The number of ether oxygens (including phenoxy) is 1. The maximum atomic E-state index is 12.3. The van der Waals surface area contributed by atoms with E-state index in [9.17, 15) is 4.79 Å². The topological polar surface area (TPSA) is 53.6 Å². The summed E-state index contributed by atoms with van der Waals surface area (Å²) in [4.78, 5) is 14.7. The molecule has 0 radical (unpaired) electrons. The molecule has 5 heteroatoms. The quantitative estimate of drug-likeness (QED) is 0.695. The van der Waals surface area contributed by atoms with Crippen LogP contribution >= 0.6 is 0 Å². The van der Waals surface area contributed by atoms with Crippen LogP contribution in [-0.4, -0.2) is 31.6 Å². The molecule has 0 saturated carbocycles. The highest BCUT2D eigenvalue weighted by Crippen LogP contribution is 2.36. The van der Waals surface area contributed by atoms with Gasteiger partial charge in [0.05, 0.1) is 17.4 Å². The Morgan fingerprint density at radius 3 is 2.73 bits per heavy atom. The van der Waals surface area contributed by atoms with Crippen molar-refractivity contribution < 1.29 is 9.53 Å². The standard InChI is InChI=1S/C25H25N3O2/c29-25-15-21-16-26-11-12-28(21)24-14-20(9-10-23(24)27-25)19-7-4-8-22(13-19)30-17-18-5-2-1-3-6-18/h1-10,13-14,21,26H,11-12,15-17H2,(H,27,29). The number of rotatable bonds is 4. The molecule has 30 heavy (non-hydrogen) atoms. The number of carbonyl (C=O) groups is 1. The molecule has 152 valence electrons. The molecule has 0 spiro atoms. The molecule has 1 unspecified atom stereocenters. The van der Waals surface area contributed by atoms with Crippen LogP contribution in [0.3, 0.4) is 0 Å². The number of carbonyl (C=O) groups excluding carboxylic acids is 1. The molecule has 2 aliphatic heterocycles. The summed E-state index contributed by atoms with van der Waals surface area (Å²) in [7, 11) is 0. The van der Waals surface area contributed by atoms with Crippen LogP contribution < -0.4 is 20.3 Å². The third kappa shape index (κ3) is 3.89. The Balaban J connectivity index is 1.42. The fraction of sp³-hybridized carbons (Fsp3) is 0.240. The van der Waals surface area contributed by atoms with Crippen molar-refractivity contribution in [2.45, 2.75) is 19.1 Å². The van der Waals surface area contributed by atoms with Crippen LogP contribution in [0.25, 0.3) is 11.1 Å². The first-order valence-corrected chi connectivity index (χ1v) is 10.4. The zero-order valence-corrected chi connectivity index (χ0v) is 16.8. The van der Waals surface area contributed by atoms with Crippen LogP contribution in [0.4, 0.5) is 11.4 Å². The van der Waals surface area contributed by atoms with E-state index in [0.29, 0.717) is 13.0 Å². The average Bonchev–Trinajstić information content (AvgIpc) is 2.93. The van der Waals surface area contributed by atoms with Crippen molar-refractivity contribution in [3.05, 3.63) is 78.4 Å². The normalized spacial score (nSPS) is 18.1. The lowest BCUT2D eigenvalue weighted by Gasteiger charge is -2.36. The summed E-state index contributed by atoms with van der Waals surface area (Å²) in [6.07, 6.45) is 0.514. The summed E-state index contributed by atoms with van der Waals surface area (Å²) in [6.45, 7) is 3.20. The maximum absolute atomic E-state index is 12.3. The lowest BCUT2D eigenvalue weighted by molar-refractivity contribution is -0.116. The molecule has 1 atom stereocenters. The number of hydrogen-bond acceptors (Lipinski definition) is 4. The zero-order chi connectivity index (χ0) is 20.3. The first-order chi connectivity index (χ1) is 14.8. The van der Waals surface area contributed by atoms with Gasteiger partial charge in [-0.2, -0.15) is 0 Å². The highest BCUT2D eigenvalue weighted by molar-refractivity contribution is 5.97. The molecule has 5 nitrogen and oxygen atoms in total. The summed E-state index contributed by atoms with van der Waals surface area (Å²) in [5, 5.41) is 6.48. The number of fused-ring (bicyclic) bond motifs is 3. The minimum Gasteiger partial charge on any atom is -0.489 e. The van der Waals surface area contributed by atoms with Gasteiger partial charge in [0.25, 0.3) is 0 Å². The molecule has 1 fully saturated rings. The van der Waals surface area contributed by atoms with Crippen molar-refractivity contribution in [2.75, 3.05) is 29.9 Å². The summed E-state index contributed by atoms with van der Waals surface area (Å²) in [5.41, 5.74) is 5.36. The van der Waals surface area contributed by atoms with Gasteiger partial charge in [0.15, 0.2) is 0 Å². The summed E-state index contributed by atoms with van der Waals surface area (Å²) in [6, 6.07) is 24.8. The van der Waals surface area contributed by atoms with Gasteiger partial charge < -0.3 is 20.3 Å². The minimum absolute atomic E-state index is 0.0801. The van der Waals surface area contributed by atoms with E-state index >= 15 is 0 Å². The second-order valence-electron chi connectivity index (χ2n) is 7.84. The predicted molar refractivity (Wildman–Crippen MR) is 120 cm³/mol. The molecule has 5 rings (SSSR count). The molecule has 2 N–H and O–H groups in total. The molecule has 1 amide bonds. The van der Waals surface area contributed by atoms with Crippen LogP contribution in [0.15, 0.2) is 72.8 Å². The van der Waals surface area contributed by atoms with Crippen molar-refractivity contribution in [1.29, 1.82) is 0 Å². The predicted octanol–water partition coefficient (Wildman–Crippen LogP) is 4.05. The van der Waals surface area contributed by atoms with E-state index in [1.54, 1.807) is 0 Å². The molecule has 3 aromatic carbocycles. The number of hydrogen-bond donors (Lipinski definition) is 2. The fourth-order valence-corrected chi connectivity index (χ4v) is 4.24. The molecule has 2 aliphatic rings. The summed E-state index contributed by atoms with van der Waals surface area (Å²) >= 11 is 0. The molecule has 0 bridgehead atoms. The number of nitrogens with zero attached hydrogens (tertiary/aromatic N) is 1. The number of piperazine rings is 1. The van der Waals surface area contributed by atoms with Gasteiger partial charge in [-0.3, -0.25) is 4.79 Å². The van der Waals surface area contributed by atoms with Gasteiger partial charge in [-0.1, -0.05) is 48.5 Å². The van der Waals surface area contributed by atoms with Crippen LogP contribution in [0, 0.1) is 0 Å². The van der Waals surface area contributed by atoms with E-state index in [0.717, 1.165) is 53.4 Å². The number of nitrogens with one attached hydrogen (secondary N) is 2. The first kappa shape index (κ1) is 18.7. The highest BCUT2D eigenvalue weighted by atomic mass is 16.5. The van der Waals surface area contributed by atoms with Gasteiger partial charge in [0.2, 0.25) is 5.91 Å². The monoisotopic (exact) mass is 399 g/mol. The minimum atomic E-state index is 0.0801. The average molecular weight is 399 g/mol. The SMILES string of the molecule is O=C1CC2CNCCN2c2cc(-c3cccc(OCc4ccccc4)c3)ccc2N1. The lowest BCUT2D eigenvalue weighted by Crippen LogP contribution is -2.51. The van der Waals surface area contributed by atoms with E-state index in [1.165, 1.54) is 0 Å². The van der Waals surface area contributed by atoms with Crippen molar-refractivity contribution in [2.24, 2.45) is 0 Å². The molecular formula is C25H25N3O2. The summed E-state index contributed by atoms with van der Waals surface area (Å²) < 4.78 is 6.01. The van der Waals surface area contributed by atoms with Crippen LogP contribution in [0.2, 0.25) is 0 Å². The van der Waals surface area contributed by atoms with Crippen molar-refractivity contribution in [3.8, 4) is 16.9 Å². The van der Waals surface area contributed by atoms with Crippen LogP contribution in [-0.2, 0) is 11.4 Å². The van der Waals surface area contributed by atoms with Gasteiger partial charge in [0, 0.05) is 26.1 Å². The highest BCUT2D eigenvalue weighted by Gasteiger charge is 2.30. The van der Waals surface area contributed by atoms with Crippen molar-refractivity contribution in [3.63, 3.8) is 0 Å². The molecule has 0 aliphatic carbocycles. The smallest absolute Gasteiger partial charge is 0.226 e. The molecule has 2 heterocycles. The largest absolute Gasteiger partial charge is 0.489 e. The van der Waals surface area contributed by atoms with Crippen molar-refractivity contribution in [1.82, 2.24) is 5.32 Å². The third-order valence-corrected chi connectivity index (χ3v) is 5.77. The Bertz CT molecular complexity index is 1050. The van der Waals surface area contributed by atoms with E-state index < -0.39 is 0 Å². The van der Waals surface area contributed by atoms with Crippen LogP contribution in [0.1, 0.15) is 12.0 Å². The van der Waals surface area contributed by atoms with Gasteiger partial charge in [-0.05, 0) is 41.0 Å². The molecule has 3 aromatic rings. The number of benzene rings is 3. The Morgan fingerprint density at radius 2 is 1.83 bits per heavy atom. The third-order valence-electron chi connectivity index (χ3n) is 5.77. The molecule has 0 aromatic heterocycles. The number of amides is 1. The van der Waals surface area contributed by atoms with Gasteiger partial charge in [0.1, 0.15) is 12.4 Å². The molecule has 1 saturated heterocycles. The van der Waals surface area contributed by atoms with E-state index in [1.807, 2.05) is 36.4 Å².